The number of hydrogen-bond donors (Lipinski definition) is 1. The van der Waals surface area contributed by atoms with E-state index in [1.165, 1.54) is 31.4 Å². The molecule has 0 saturated heterocycles. The van der Waals surface area contributed by atoms with Crippen LogP contribution in [0.3, 0.4) is 0 Å². The monoisotopic (exact) mass is 285 g/mol. The Kier molecular flexibility index (Phi) is 4.74. The van der Waals surface area contributed by atoms with E-state index in [4.69, 9.17) is 0 Å². The van der Waals surface area contributed by atoms with E-state index >= 15 is 0 Å². The van der Waals surface area contributed by atoms with E-state index in [9.17, 15) is 13.2 Å². The molecule has 0 amide bonds. The van der Waals surface area contributed by atoms with Crippen LogP contribution < -0.4 is 5.32 Å². The quantitative estimate of drug-likeness (QED) is 0.763. The Morgan fingerprint density at radius 2 is 1.80 bits per heavy atom. The number of nitrogens with one attached hydrogen (secondary N) is 1. The van der Waals surface area contributed by atoms with Gasteiger partial charge in [-0.1, -0.05) is 25.5 Å². The zero-order chi connectivity index (χ0) is 14.6. The van der Waals surface area contributed by atoms with Crippen molar-refractivity contribution in [3.63, 3.8) is 0 Å². The second-order valence-electron chi connectivity index (χ2n) is 5.90. The summed E-state index contributed by atoms with van der Waals surface area (Å²) in [6.45, 7) is 4.12. The number of halogens is 3. The molecule has 2 rings (SSSR count). The summed E-state index contributed by atoms with van der Waals surface area (Å²) in [5.41, 5.74) is 0.707. The lowest BCUT2D eigenvalue weighted by Crippen LogP contribution is -2.41. The highest BCUT2D eigenvalue weighted by atomic mass is 19.4. The average Bonchev–Trinajstić information content (AvgIpc) is 2.35. The molecule has 20 heavy (non-hydrogen) atoms. The first-order valence-corrected chi connectivity index (χ1v) is 7.32. The Morgan fingerprint density at radius 1 is 1.15 bits per heavy atom. The first kappa shape index (κ1) is 15.4. The summed E-state index contributed by atoms with van der Waals surface area (Å²) in [6, 6.07) is 5.65. The van der Waals surface area contributed by atoms with E-state index in [1.807, 2.05) is 0 Å². The minimum Gasteiger partial charge on any atom is -0.316 e. The largest absolute Gasteiger partial charge is 0.416 e. The molecule has 1 aliphatic carbocycles. The predicted octanol–water partition coefficient (Wildman–Crippen LogP) is 4.42. The lowest BCUT2D eigenvalue weighted by Gasteiger charge is -2.42. The Hall–Kier alpha value is -1.03. The molecular weight excluding hydrogens is 263 g/mol. The summed E-state index contributed by atoms with van der Waals surface area (Å²) in [5, 5.41) is 3.45. The first-order chi connectivity index (χ1) is 9.45. The highest BCUT2D eigenvalue weighted by Gasteiger charge is 2.36. The van der Waals surface area contributed by atoms with Gasteiger partial charge in [-0.25, -0.2) is 0 Å². The molecule has 0 spiro atoms. The van der Waals surface area contributed by atoms with Gasteiger partial charge in [-0.2, -0.15) is 13.2 Å². The predicted molar refractivity (Wildman–Crippen MR) is 74.6 cm³/mol. The molecule has 0 radical (unpaired) electrons. The summed E-state index contributed by atoms with van der Waals surface area (Å²) in [7, 11) is 0. The van der Waals surface area contributed by atoms with Gasteiger partial charge in [0.2, 0.25) is 0 Å². The molecule has 1 nitrogen and oxygen atoms in total. The van der Waals surface area contributed by atoms with Crippen molar-refractivity contribution in [1.82, 2.24) is 5.32 Å². The fourth-order valence-corrected chi connectivity index (χ4v) is 2.87. The third-order valence-corrected chi connectivity index (χ3v) is 4.20. The van der Waals surface area contributed by atoms with Gasteiger partial charge in [0.05, 0.1) is 5.56 Å². The van der Waals surface area contributed by atoms with Crippen LogP contribution in [0.2, 0.25) is 0 Å². The molecule has 1 aromatic rings. The second kappa shape index (κ2) is 6.17. The van der Waals surface area contributed by atoms with Crippen molar-refractivity contribution in [2.75, 3.05) is 13.1 Å². The number of benzene rings is 1. The van der Waals surface area contributed by atoms with Gasteiger partial charge >= 0.3 is 6.18 Å². The maximum Gasteiger partial charge on any atom is 0.416 e. The van der Waals surface area contributed by atoms with Crippen LogP contribution in [-0.2, 0) is 12.6 Å². The molecule has 4 heteroatoms. The highest BCUT2D eigenvalue weighted by Crippen LogP contribution is 2.43. The van der Waals surface area contributed by atoms with Gasteiger partial charge in [-0.05, 0) is 55.3 Å². The topological polar surface area (TPSA) is 12.0 Å². The van der Waals surface area contributed by atoms with E-state index in [0.29, 0.717) is 0 Å². The molecule has 112 valence electrons. The SMILES string of the molecule is CCCNCC1(Cc2ccc(C(F)(F)F)cc2)CCC1. The lowest BCUT2D eigenvalue weighted by molar-refractivity contribution is -0.137. The molecule has 0 heterocycles. The summed E-state index contributed by atoms with van der Waals surface area (Å²) in [6.07, 6.45) is 1.32. The van der Waals surface area contributed by atoms with Crippen LogP contribution in [0.15, 0.2) is 24.3 Å². The zero-order valence-electron chi connectivity index (χ0n) is 11.9. The van der Waals surface area contributed by atoms with E-state index in [0.717, 1.165) is 31.5 Å². The van der Waals surface area contributed by atoms with Crippen LogP contribution in [-0.4, -0.2) is 13.1 Å². The fraction of sp³-hybridized carbons (Fsp3) is 0.625. The molecule has 0 unspecified atom stereocenters. The van der Waals surface area contributed by atoms with E-state index in [-0.39, 0.29) is 5.41 Å². The van der Waals surface area contributed by atoms with Gasteiger partial charge in [0.15, 0.2) is 0 Å². The molecule has 1 saturated carbocycles. The molecule has 0 aromatic heterocycles. The van der Waals surface area contributed by atoms with Crippen molar-refractivity contribution in [2.24, 2.45) is 5.41 Å². The van der Waals surface area contributed by atoms with Crippen LogP contribution in [0.25, 0.3) is 0 Å². The van der Waals surface area contributed by atoms with Crippen LogP contribution >= 0.6 is 0 Å². The van der Waals surface area contributed by atoms with Crippen molar-refractivity contribution in [1.29, 1.82) is 0 Å². The number of alkyl halides is 3. The average molecular weight is 285 g/mol. The molecular formula is C16H22F3N. The molecule has 0 atom stereocenters. The normalized spacial score (nSPS) is 17.8. The Balaban J connectivity index is 1.97. The maximum absolute atomic E-state index is 12.5. The van der Waals surface area contributed by atoms with Crippen LogP contribution in [0, 0.1) is 5.41 Å². The summed E-state index contributed by atoms with van der Waals surface area (Å²) >= 11 is 0. The molecule has 1 N–H and O–H groups in total. The van der Waals surface area contributed by atoms with Crippen LogP contribution in [0.5, 0.6) is 0 Å². The maximum atomic E-state index is 12.5. The highest BCUT2D eigenvalue weighted by molar-refractivity contribution is 5.26. The number of hydrogen-bond acceptors (Lipinski definition) is 1. The molecule has 0 aliphatic heterocycles. The van der Waals surface area contributed by atoms with Crippen molar-refractivity contribution < 1.29 is 13.2 Å². The molecule has 1 aromatic carbocycles. The van der Waals surface area contributed by atoms with Crippen molar-refractivity contribution in [3.8, 4) is 0 Å². The Bertz CT molecular complexity index is 418. The third kappa shape index (κ3) is 3.75. The summed E-state index contributed by atoms with van der Waals surface area (Å²) in [5.74, 6) is 0. The van der Waals surface area contributed by atoms with Crippen molar-refractivity contribution in [3.05, 3.63) is 35.4 Å². The van der Waals surface area contributed by atoms with Crippen molar-refractivity contribution >= 4 is 0 Å². The van der Waals surface area contributed by atoms with Crippen LogP contribution in [0.1, 0.15) is 43.7 Å². The summed E-state index contributed by atoms with van der Waals surface area (Å²) in [4.78, 5) is 0. The second-order valence-corrected chi connectivity index (χ2v) is 5.90. The van der Waals surface area contributed by atoms with E-state index in [1.54, 1.807) is 12.1 Å². The fourth-order valence-electron chi connectivity index (χ4n) is 2.87. The summed E-state index contributed by atoms with van der Waals surface area (Å²) < 4.78 is 37.6. The van der Waals surface area contributed by atoms with E-state index in [2.05, 4.69) is 12.2 Å². The zero-order valence-corrected chi connectivity index (χ0v) is 11.9. The third-order valence-electron chi connectivity index (χ3n) is 4.20. The van der Waals surface area contributed by atoms with Gasteiger partial charge in [0.1, 0.15) is 0 Å². The van der Waals surface area contributed by atoms with Crippen LogP contribution in [0.4, 0.5) is 13.2 Å². The first-order valence-electron chi connectivity index (χ1n) is 7.32. The van der Waals surface area contributed by atoms with Gasteiger partial charge in [-0.3, -0.25) is 0 Å². The Labute approximate surface area is 118 Å². The smallest absolute Gasteiger partial charge is 0.316 e. The minimum atomic E-state index is -4.24. The Morgan fingerprint density at radius 3 is 2.25 bits per heavy atom. The van der Waals surface area contributed by atoms with E-state index < -0.39 is 11.7 Å². The van der Waals surface area contributed by atoms with Gasteiger partial charge in [-0.15, -0.1) is 0 Å². The van der Waals surface area contributed by atoms with Gasteiger partial charge < -0.3 is 5.32 Å². The molecule has 1 aliphatic rings. The van der Waals surface area contributed by atoms with Crippen molar-refractivity contribution in [2.45, 2.75) is 45.2 Å². The molecule has 0 bridgehead atoms. The lowest BCUT2D eigenvalue weighted by atomic mass is 9.65. The van der Waals surface area contributed by atoms with Gasteiger partial charge in [0, 0.05) is 6.54 Å². The van der Waals surface area contributed by atoms with Gasteiger partial charge in [0.25, 0.3) is 0 Å². The number of rotatable bonds is 6. The minimum absolute atomic E-state index is 0.259. The molecule has 1 fully saturated rings. The standard InChI is InChI=1S/C16H22F3N/c1-2-10-20-12-15(8-3-9-15)11-13-4-6-14(7-5-13)16(17,18)19/h4-7,20H,2-3,8-12H2,1H3.